The molecule has 11 N–H and O–H groups in total. The average molecular weight is 418 g/mol. The molecule has 3 atom stereocenters. The first-order valence-electron chi connectivity index (χ1n) is 9.07. The number of carboxylic acids is 1. The lowest BCUT2D eigenvalue weighted by atomic mass is 10.1. The summed E-state index contributed by atoms with van der Waals surface area (Å²) in [6.45, 7) is -0.971. The molecule has 3 unspecified atom stereocenters. The molecule has 0 aromatic heterocycles. The van der Waals surface area contributed by atoms with Crippen molar-refractivity contribution in [2.75, 3.05) is 19.7 Å². The number of carbonyl (C=O) groups is 5. The summed E-state index contributed by atoms with van der Waals surface area (Å²) in [7, 11) is 0. The summed E-state index contributed by atoms with van der Waals surface area (Å²) in [5.74, 6) is -4.38. The lowest BCUT2D eigenvalue weighted by Crippen LogP contribution is -2.54. The SMILES string of the molecule is NCCCCC(N)C(=O)NC(CCC(N)=O)C(=O)NCC(=O)NC(CO)C(=O)O. The van der Waals surface area contributed by atoms with Gasteiger partial charge in [0.15, 0.2) is 0 Å². The van der Waals surface area contributed by atoms with Crippen molar-refractivity contribution in [3.63, 3.8) is 0 Å². The van der Waals surface area contributed by atoms with Crippen LogP contribution < -0.4 is 33.2 Å². The maximum Gasteiger partial charge on any atom is 0.328 e. The van der Waals surface area contributed by atoms with Crippen molar-refractivity contribution >= 4 is 29.6 Å². The second kappa shape index (κ2) is 14.3. The van der Waals surface area contributed by atoms with Crippen LogP contribution in [0.3, 0.4) is 0 Å². The summed E-state index contributed by atoms with van der Waals surface area (Å²) in [5, 5.41) is 24.3. The quantitative estimate of drug-likeness (QED) is 0.120. The highest BCUT2D eigenvalue weighted by atomic mass is 16.4. The zero-order chi connectivity index (χ0) is 22.4. The van der Waals surface area contributed by atoms with Crippen LogP contribution in [0.5, 0.6) is 0 Å². The molecule has 0 aliphatic carbocycles. The van der Waals surface area contributed by atoms with Crippen LogP contribution in [0.1, 0.15) is 32.1 Å². The number of hydrogen-bond acceptors (Lipinski definition) is 8. The predicted molar refractivity (Wildman–Crippen MR) is 101 cm³/mol. The Morgan fingerprint density at radius 2 is 1.59 bits per heavy atom. The van der Waals surface area contributed by atoms with Crippen LogP contribution in [-0.2, 0) is 24.0 Å². The van der Waals surface area contributed by atoms with Gasteiger partial charge in [0.25, 0.3) is 0 Å². The van der Waals surface area contributed by atoms with Gasteiger partial charge in [0.1, 0.15) is 12.1 Å². The standard InChI is InChI=1S/C16H30N6O7/c17-6-2-1-3-9(18)14(26)22-10(4-5-12(19)24)15(27)20-7-13(25)21-11(8-23)16(28)29/h9-11,23H,1-8,17-18H2,(H2,19,24)(H,20,27)(H,21,25)(H,22,26)(H,28,29). The van der Waals surface area contributed by atoms with Crippen molar-refractivity contribution in [3.8, 4) is 0 Å². The topological polar surface area (TPSA) is 240 Å². The molecular weight excluding hydrogens is 388 g/mol. The van der Waals surface area contributed by atoms with Crippen LogP contribution in [0.4, 0.5) is 0 Å². The van der Waals surface area contributed by atoms with Gasteiger partial charge in [0, 0.05) is 6.42 Å². The Balaban J connectivity index is 4.78. The second-order valence-corrected chi connectivity index (χ2v) is 6.32. The first-order chi connectivity index (χ1) is 13.6. The molecule has 0 saturated heterocycles. The van der Waals surface area contributed by atoms with Gasteiger partial charge in [-0.1, -0.05) is 6.42 Å². The van der Waals surface area contributed by atoms with Crippen molar-refractivity contribution in [1.29, 1.82) is 0 Å². The monoisotopic (exact) mass is 418 g/mol. The molecule has 0 heterocycles. The van der Waals surface area contributed by atoms with Gasteiger partial charge >= 0.3 is 5.97 Å². The number of unbranched alkanes of at least 4 members (excludes halogenated alkanes) is 1. The van der Waals surface area contributed by atoms with E-state index in [9.17, 15) is 24.0 Å². The molecule has 0 radical (unpaired) electrons. The Morgan fingerprint density at radius 1 is 0.931 bits per heavy atom. The third-order valence-corrected chi connectivity index (χ3v) is 3.86. The fraction of sp³-hybridized carbons (Fsp3) is 0.688. The van der Waals surface area contributed by atoms with Crippen LogP contribution in [0, 0.1) is 0 Å². The van der Waals surface area contributed by atoms with Gasteiger partial charge in [-0.15, -0.1) is 0 Å². The zero-order valence-electron chi connectivity index (χ0n) is 16.1. The molecule has 0 aliphatic rings. The van der Waals surface area contributed by atoms with Crippen molar-refractivity contribution in [2.24, 2.45) is 17.2 Å². The molecule has 0 aromatic rings. The average Bonchev–Trinajstić information content (AvgIpc) is 2.66. The molecule has 0 rings (SSSR count). The number of rotatable bonds is 15. The van der Waals surface area contributed by atoms with E-state index in [1.54, 1.807) is 0 Å². The third kappa shape index (κ3) is 11.6. The lowest BCUT2D eigenvalue weighted by molar-refractivity contribution is -0.142. The first kappa shape index (κ1) is 26.2. The van der Waals surface area contributed by atoms with Crippen molar-refractivity contribution in [3.05, 3.63) is 0 Å². The number of carboxylic acid groups (broad SMARTS) is 1. The Morgan fingerprint density at radius 3 is 2.10 bits per heavy atom. The molecule has 13 nitrogen and oxygen atoms in total. The summed E-state index contributed by atoms with van der Waals surface area (Å²) in [6.07, 6.45) is 1.36. The van der Waals surface area contributed by atoms with E-state index in [1.165, 1.54) is 0 Å². The highest BCUT2D eigenvalue weighted by molar-refractivity contribution is 5.92. The molecule has 0 fully saturated rings. The minimum atomic E-state index is -1.52. The van der Waals surface area contributed by atoms with Gasteiger partial charge in [0.05, 0.1) is 19.2 Å². The fourth-order valence-corrected chi connectivity index (χ4v) is 2.20. The van der Waals surface area contributed by atoms with E-state index in [0.29, 0.717) is 25.8 Å². The van der Waals surface area contributed by atoms with Gasteiger partial charge in [-0.05, 0) is 25.8 Å². The minimum absolute atomic E-state index is 0.113. The van der Waals surface area contributed by atoms with Crippen LogP contribution in [-0.4, -0.2) is 77.6 Å². The van der Waals surface area contributed by atoms with E-state index in [2.05, 4.69) is 10.6 Å². The molecule has 13 heteroatoms. The highest BCUT2D eigenvalue weighted by Crippen LogP contribution is 2.02. The number of hydrogen-bond donors (Lipinski definition) is 8. The van der Waals surface area contributed by atoms with Gasteiger partial charge in [-0.2, -0.15) is 0 Å². The van der Waals surface area contributed by atoms with Crippen LogP contribution in [0.15, 0.2) is 0 Å². The number of nitrogens with one attached hydrogen (secondary N) is 3. The number of amides is 4. The summed E-state index contributed by atoms with van der Waals surface area (Å²) in [5.41, 5.74) is 16.2. The summed E-state index contributed by atoms with van der Waals surface area (Å²) in [4.78, 5) is 57.9. The summed E-state index contributed by atoms with van der Waals surface area (Å²) >= 11 is 0. The fourth-order valence-electron chi connectivity index (χ4n) is 2.20. The first-order valence-corrected chi connectivity index (χ1v) is 9.07. The van der Waals surface area contributed by atoms with Gasteiger partial charge < -0.3 is 43.4 Å². The number of aliphatic hydroxyl groups excluding tert-OH is 1. The molecule has 0 saturated carbocycles. The normalized spacial score (nSPS) is 13.6. The number of carbonyl (C=O) groups excluding carboxylic acids is 4. The number of primary amides is 1. The molecule has 166 valence electrons. The predicted octanol–water partition coefficient (Wildman–Crippen LogP) is -4.13. The van der Waals surface area contributed by atoms with E-state index in [4.69, 9.17) is 27.4 Å². The van der Waals surface area contributed by atoms with Crippen molar-refractivity contribution in [2.45, 2.75) is 50.2 Å². The van der Waals surface area contributed by atoms with Crippen molar-refractivity contribution < 1.29 is 34.2 Å². The number of aliphatic carboxylic acids is 1. The van der Waals surface area contributed by atoms with E-state index in [0.717, 1.165) is 0 Å². The number of nitrogens with two attached hydrogens (primary N) is 3. The third-order valence-electron chi connectivity index (χ3n) is 3.86. The molecule has 0 aliphatic heterocycles. The van der Waals surface area contributed by atoms with E-state index >= 15 is 0 Å². The van der Waals surface area contributed by atoms with Gasteiger partial charge in [0.2, 0.25) is 23.6 Å². The van der Waals surface area contributed by atoms with E-state index in [1.807, 2.05) is 5.32 Å². The van der Waals surface area contributed by atoms with Gasteiger partial charge in [-0.25, -0.2) is 4.79 Å². The van der Waals surface area contributed by atoms with E-state index < -0.39 is 60.9 Å². The Bertz CT molecular complexity index is 586. The second-order valence-electron chi connectivity index (χ2n) is 6.32. The summed E-state index contributed by atoms with van der Waals surface area (Å²) < 4.78 is 0. The molecule has 0 spiro atoms. The van der Waals surface area contributed by atoms with E-state index in [-0.39, 0.29) is 12.8 Å². The Kier molecular flexibility index (Phi) is 12.9. The van der Waals surface area contributed by atoms with Crippen LogP contribution >= 0.6 is 0 Å². The maximum atomic E-state index is 12.3. The molecule has 4 amide bonds. The molecular formula is C16H30N6O7. The minimum Gasteiger partial charge on any atom is -0.480 e. The summed E-state index contributed by atoms with van der Waals surface area (Å²) in [6, 6.07) is -3.57. The smallest absolute Gasteiger partial charge is 0.328 e. The molecule has 0 bridgehead atoms. The van der Waals surface area contributed by atoms with Crippen LogP contribution in [0.25, 0.3) is 0 Å². The Labute approximate surface area is 167 Å². The lowest BCUT2D eigenvalue weighted by Gasteiger charge is -2.20. The molecule has 29 heavy (non-hydrogen) atoms. The molecule has 0 aromatic carbocycles. The Hall–Kier alpha value is -2.77. The maximum absolute atomic E-state index is 12.3. The van der Waals surface area contributed by atoms with Crippen LogP contribution in [0.2, 0.25) is 0 Å². The van der Waals surface area contributed by atoms with Crippen molar-refractivity contribution in [1.82, 2.24) is 16.0 Å². The van der Waals surface area contributed by atoms with Gasteiger partial charge in [-0.3, -0.25) is 19.2 Å². The highest BCUT2D eigenvalue weighted by Gasteiger charge is 2.25. The largest absolute Gasteiger partial charge is 0.480 e. The zero-order valence-corrected chi connectivity index (χ0v) is 16.1. The number of aliphatic hydroxyl groups is 1.